The van der Waals surface area contributed by atoms with Gasteiger partial charge in [-0.1, -0.05) is 17.7 Å². The summed E-state index contributed by atoms with van der Waals surface area (Å²) >= 11 is 11.0. The van der Waals surface area contributed by atoms with Crippen molar-refractivity contribution in [3.05, 3.63) is 68.6 Å². The van der Waals surface area contributed by atoms with Gasteiger partial charge in [0.25, 0.3) is 11.6 Å². The van der Waals surface area contributed by atoms with Gasteiger partial charge >= 0.3 is 0 Å². The summed E-state index contributed by atoms with van der Waals surface area (Å²) in [6.45, 7) is 0. The van der Waals surface area contributed by atoms with Crippen molar-refractivity contribution in [2.24, 2.45) is 10.2 Å². The summed E-state index contributed by atoms with van der Waals surface area (Å²) in [7, 11) is 0. The van der Waals surface area contributed by atoms with Gasteiger partial charge in [0.1, 0.15) is 10.8 Å². The molecule has 0 aromatic heterocycles. The average molecular weight is 655 g/mol. The fourth-order valence-electron chi connectivity index (χ4n) is 2.21. The maximum atomic E-state index is 12.1. The predicted molar refractivity (Wildman–Crippen MR) is 130 cm³/mol. The summed E-state index contributed by atoms with van der Waals surface area (Å²) in [5.41, 5.74) is 0.723. The van der Waals surface area contributed by atoms with Gasteiger partial charge < -0.3 is 5.11 Å². The number of amides is 1. The van der Waals surface area contributed by atoms with Gasteiger partial charge in [0, 0.05) is 15.2 Å². The summed E-state index contributed by atoms with van der Waals surface area (Å²) in [6.07, 6.45) is 2.90. The van der Waals surface area contributed by atoms with Crippen LogP contribution in [0.1, 0.15) is 11.1 Å². The number of benzene rings is 2. The number of phenolic OH excluding ortho intramolecular Hbond substituents is 1. The van der Waals surface area contributed by atoms with Crippen molar-refractivity contribution >= 4 is 97.6 Å². The standard InChI is InChI=1S/C17H9ClI2N4O4S/c18-11-2-1-8(3-13(11)24(27)28)4-14-16(26)22-17(29-14)23-21-7-9-5-10(19)6-12(20)15(9)25/h1-7,25H,(H,22,23,26)/b14-4+,21-7+. The number of nitrogens with one attached hydrogen (secondary N) is 1. The second-order valence-corrected chi connectivity index (χ2v) is 9.35. The number of aromatic hydroxyl groups is 1. The first kappa shape index (κ1) is 22.0. The number of carbonyl (C=O) groups is 1. The van der Waals surface area contributed by atoms with Crippen molar-refractivity contribution < 1.29 is 14.8 Å². The van der Waals surface area contributed by atoms with E-state index in [0.717, 1.165) is 15.3 Å². The topological polar surface area (TPSA) is 117 Å². The van der Waals surface area contributed by atoms with Gasteiger partial charge in [0.05, 0.1) is 19.6 Å². The maximum Gasteiger partial charge on any atom is 0.288 e. The molecule has 0 atom stereocenters. The summed E-state index contributed by atoms with van der Waals surface area (Å²) in [5.74, 6) is -0.295. The van der Waals surface area contributed by atoms with E-state index in [9.17, 15) is 20.0 Å². The monoisotopic (exact) mass is 654 g/mol. The molecule has 0 bridgehead atoms. The Morgan fingerprint density at radius 3 is 2.76 bits per heavy atom. The zero-order valence-corrected chi connectivity index (χ0v) is 20.0. The van der Waals surface area contributed by atoms with E-state index in [1.165, 1.54) is 24.4 Å². The molecule has 1 fully saturated rings. The molecule has 3 rings (SSSR count). The van der Waals surface area contributed by atoms with Crippen LogP contribution in [-0.4, -0.2) is 27.3 Å². The van der Waals surface area contributed by atoms with Crippen LogP contribution in [0.5, 0.6) is 5.75 Å². The van der Waals surface area contributed by atoms with Gasteiger partial charge in [-0.05, 0) is 86.8 Å². The van der Waals surface area contributed by atoms with Gasteiger partial charge in [-0.25, -0.2) is 0 Å². The molecule has 0 unspecified atom stereocenters. The van der Waals surface area contributed by atoms with Crippen LogP contribution in [-0.2, 0) is 4.79 Å². The minimum Gasteiger partial charge on any atom is -0.506 e. The van der Waals surface area contributed by atoms with Crippen LogP contribution in [0.3, 0.4) is 0 Å². The number of nitro groups is 1. The predicted octanol–water partition coefficient (Wildman–Crippen LogP) is 4.76. The molecule has 0 spiro atoms. The maximum absolute atomic E-state index is 12.1. The quantitative estimate of drug-likeness (QED) is 0.162. The molecule has 0 aliphatic carbocycles. The Morgan fingerprint density at radius 2 is 2.03 bits per heavy atom. The third-order valence-electron chi connectivity index (χ3n) is 3.52. The van der Waals surface area contributed by atoms with Gasteiger partial charge in [-0.15, -0.1) is 5.10 Å². The number of carbonyl (C=O) groups excluding carboxylic acids is 1. The van der Waals surface area contributed by atoms with Crippen LogP contribution in [0.15, 0.2) is 45.4 Å². The molecule has 2 aromatic rings. The summed E-state index contributed by atoms with van der Waals surface area (Å²) < 4.78 is 1.62. The van der Waals surface area contributed by atoms with Crippen molar-refractivity contribution in [1.29, 1.82) is 0 Å². The van der Waals surface area contributed by atoms with Crippen LogP contribution < -0.4 is 5.32 Å². The highest BCUT2D eigenvalue weighted by molar-refractivity contribution is 14.1. The molecule has 0 radical (unpaired) electrons. The van der Waals surface area contributed by atoms with Gasteiger partial charge in [0.2, 0.25) is 0 Å². The van der Waals surface area contributed by atoms with E-state index in [2.05, 4.69) is 38.1 Å². The first-order valence-electron chi connectivity index (χ1n) is 7.68. The van der Waals surface area contributed by atoms with Gasteiger partial charge in [0.15, 0.2) is 5.17 Å². The minimum absolute atomic E-state index is 0.0192. The Hall–Kier alpha value is -1.71. The lowest BCUT2D eigenvalue weighted by Gasteiger charge is -2.01. The Morgan fingerprint density at radius 1 is 1.28 bits per heavy atom. The lowest BCUT2D eigenvalue weighted by Crippen LogP contribution is -2.19. The molecule has 1 aliphatic rings. The van der Waals surface area contributed by atoms with Crippen LogP contribution in [0.2, 0.25) is 5.02 Å². The van der Waals surface area contributed by atoms with E-state index in [0.29, 0.717) is 19.6 Å². The number of nitro benzene ring substituents is 1. The normalized spacial score (nSPS) is 16.7. The van der Waals surface area contributed by atoms with Crippen molar-refractivity contribution in [3.63, 3.8) is 0 Å². The van der Waals surface area contributed by atoms with Crippen LogP contribution >= 0.6 is 68.5 Å². The number of rotatable bonds is 4. The van der Waals surface area contributed by atoms with Crippen molar-refractivity contribution in [2.45, 2.75) is 0 Å². The Bertz CT molecular complexity index is 1120. The first-order chi connectivity index (χ1) is 13.7. The number of hydrogen-bond acceptors (Lipinski definition) is 7. The molecule has 2 N–H and O–H groups in total. The molecular weight excluding hydrogens is 646 g/mol. The third kappa shape index (κ3) is 5.46. The first-order valence-corrected chi connectivity index (χ1v) is 11.0. The number of phenols is 1. The molecule has 2 aromatic carbocycles. The largest absolute Gasteiger partial charge is 0.506 e. The van der Waals surface area contributed by atoms with E-state index < -0.39 is 10.8 Å². The van der Waals surface area contributed by atoms with E-state index in [-0.39, 0.29) is 21.6 Å². The van der Waals surface area contributed by atoms with E-state index in [1.54, 1.807) is 12.1 Å². The lowest BCUT2D eigenvalue weighted by atomic mass is 10.2. The smallest absolute Gasteiger partial charge is 0.288 e. The zero-order chi connectivity index (χ0) is 21.1. The summed E-state index contributed by atoms with van der Waals surface area (Å²) in [5, 5.41) is 31.7. The fourth-order valence-corrected chi connectivity index (χ4v) is 5.07. The SMILES string of the molecule is O=C1N/C(=N/N=C/c2cc(I)cc(I)c2O)S/C1=C/c1ccc(Cl)c([N+](=O)[O-])c1. The van der Waals surface area contributed by atoms with E-state index in [1.807, 2.05) is 28.7 Å². The van der Waals surface area contributed by atoms with Crippen molar-refractivity contribution in [2.75, 3.05) is 0 Å². The fraction of sp³-hybridized carbons (Fsp3) is 0. The summed E-state index contributed by atoms with van der Waals surface area (Å²) in [4.78, 5) is 22.8. The molecule has 1 heterocycles. The minimum atomic E-state index is -0.588. The van der Waals surface area contributed by atoms with Gasteiger partial charge in [-0.3, -0.25) is 20.2 Å². The van der Waals surface area contributed by atoms with Crippen LogP contribution in [0, 0.1) is 17.3 Å². The molecule has 0 saturated carbocycles. The molecule has 8 nitrogen and oxygen atoms in total. The second kappa shape index (κ2) is 9.40. The molecule has 1 saturated heterocycles. The van der Waals surface area contributed by atoms with Gasteiger partial charge in [-0.2, -0.15) is 5.10 Å². The number of amidine groups is 1. The molecule has 12 heteroatoms. The Labute approximate surface area is 200 Å². The van der Waals surface area contributed by atoms with E-state index >= 15 is 0 Å². The molecule has 1 aliphatic heterocycles. The van der Waals surface area contributed by atoms with Crippen LogP contribution in [0.25, 0.3) is 6.08 Å². The Kier molecular flexibility index (Phi) is 7.13. The number of nitrogens with zero attached hydrogens (tertiary/aromatic N) is 3. The number of hydrogen-bond donors (Lipinski definition) is 2. The molecule has 29 heavy (non-hydrogen) atoms. The van der Waals surface area contributed by atoms with E-state index in [4.69, 9.17) is 11.6 Å². The van der Waals surface area contributed by atoms with Crippen LogP contribution in [0.4, 0.5) is 5.69 Å². The second-order valence-electron chi connectivity index (χ2n) is 5.51. The van der Waals surface area contributed by atoms with Crippen molar-refractivity contribution in [3.8, 4) is 5.75 Å². The highest BCUT2D eigenvalue weighted by Gasteiger charge is 2.24. The summed E-state index contributed by atoms with van der Waals surface area (Å²) in [6, 6.07) is 7.84. The highest BCUT2D eigenvalue weighted by atomic mass is 127. The number of thioether (sulfide) groups is 1. The van der Waals surface area contributed by atoms with Crippen molar-refractivity contribution in [1.82, 2.24) is 5.32 Å². The molecular formula is C17H9ClI2N4O4S. The third-order valence-corrected chi connectivity index (χ3v) is 6.18. The number of halogens is 3. The Balaban J connectivity index is 1.79. The molecule has 1 amide bonds. The highest BCUT2D eigenvalue weighted by Crippen LogP contribution is 2.30. The zero-order valence-electron chi connectivity index (χ0n) is 14.1. The average Bonchev–Trinajstić information content (AvgIpc) is 2.99. The molecule has 148 valence electrons. The lowest BCUT2D eigenvalue weighted by molar-refractivity contribution is -0.384.